The molecule has 1 rings (SSSR count). The summed E-state index contributed by atoms with van der Waals surface area (Å²) in [5.74, 6) is -0.0589. The van der Waals surface area contributed by atoms with Crippen molar-refractivity contribution in [2.45, 2.75) is 19.9 Å². The lowest BCUT2D eigenvalue weighted by molar-refractivity contribution is -0.137. The summed E-state index contributed by atoms with van der Waals surface area (Å²) in [5.41, 5.74) is 1.91. The van der Waals surface area contributed by atoms with Crippen molar-refractivity contribution in [1.82, 2.24) is 14.7 Å². The first-order valence-electron chi connectivity index (χ1n) is 5.42. The zero-order valence-electron chi connectivity index (χ0n) is 10.7. The molecule has 0 atom stereocenters. The summed E-state index contributed by atoms with van der Waals surface area (Å²) in [6, 6.07) is 0. The van der Waals surface area contributed by atoms with E-state index in [0.717, 1.165) is 17.1 Å². The monoisotopic (exact) mass is 241 g/mol. The number of carbonyl (C=O) groups is 1. The molecular formula is C11H19N3O3. The fraction of sp³-hybridized carbons (Fsp3) is 0.636. The van der Waals surface area contributed by atoms with Crippen molar-refractivity contribution in [1.29, 1.82) is 0 Å². The molecule has 0 aliphatic heterocycles. The Hall–Kier alpha value is -1.56. The van der Waals surface area contributed by atoms with Crippen LogP contribution in [-0.2, 0) is 18.4 Å². The van der Waals surface area contributed by atoms with Gasteiger partial charge >= 0.3 is 5.97 Å². The molecule has 1 aromatic heterocycles. The predicted molar refractivity (Wildman–Crippen MR) is 63.1 cm³/mol. The largest absolute Gasteiger partial charge is 0.481 e. The average molecular weight is 241 g/mol. The Kier molecular flexibility index (Phi) is 4.51. The van der Waals surface area contributed by atoms with Gasteiger partial charge in [-0.15, -0.1) is 0 Å². The molecular weight excluding hydrogens is 222 g/mol. The molecule has 0 unspecified atom stereocenters. The van der Waals surface area contributed by atoms with Crippen LogP contribution in [0.1, 0.15) is 17.7 Å². The van der Waals surface area contributed by atoms with Gasteiger partial charge in [0, 0.05) is 20.1 Å². The Labute approximate surface area is 101 Å². The quantitative estimate of drug-likeness (QED) is 0.791. The lowest BCUT2D eigenvalue weighted by atomic mass is 10.2. The number of methoxy groups -OCH3 is 1. The van der Waals surface area contributed by atoms with E-state index in [0.29, 0.717) is 13.1 Å². The molecule has 0 saturated carbocycles. The number of nitrogens with zero attached hydrogens (tertiary/aromatic N) is 3. The van der Waals surface area contributed by atoms with Crippen LogP contribution in [0.25, 0.3) is 0 Å². The number of hydrogen-bond donors (Lipinski definition) is 1. The van der Waals surface area contributed by atoms with E-state index in [9.17, 15) is 4.79 Å². The highest BCUT2D eigenvalue weighted by molar-refractivity contribution is 5.66. The van der Waals surface area contributed by atoms with Crippen LogP contribution in [0.4, 0.5) is 0 Å². The van der Waals surface area contributed by atoms with Crippen molar-refractivity contribution in [2.24, 2.45) is 7.05 Å². The number of aliphatic carboxylic acids is 1. The number of carboxylic acid groups (broad SMARTS) is 1. The molecule has 0 saturated heterocycles. The predicted octanol–water partition coefficient (Wildman–Crippen LogP) is 0.644. The Morgan fingerprint density at radius 1 is 1.59 bits per heavy atom. The maximum atomic E-state index is 10.5. The van der Waals surface area contributed by atoms with Crippen molar-refractivity contribution < 1.29 is 14.6 Å². The van der Waals surface area contributed by atoms with E-state index in [1.807, 2.05) is 25.9 Å². The van der Waals surface area contributed by atoms with Crippen LogP contribution in [0.5, 0.6) is 5.88 Å². The minimum absolute atomic E-state index is 0.137. The lowest BCUT2D eigenvalue weighted by Gasteiger charge is -2.15. The molecule has 0 aromatic carbocycles. The SMILES string of the molecule is COc1c(CN(C)CCC(=O)O)c(C)nn1C. The molecule has 1 N–H and O–H groups in total. The number of hydrogen-bond acceptors (Lipinski definition) is 4. The molecule has 6 heteroatoms. The number of ether oxygens (including phenoxy) is 1. The zero-order valence-corrected chi connectivity index (χ0v) is 10.7. The molecule has 6 nitrogen and oxygen atoms in total. The molecule has 17 heavy (non-hydrogen) atoms. The van der Waals surface area contributed by atoms with E-state index in [1.165, 1.54) is 0 Å². The molecule has 0 amide bonds. The summed E-state index contributed by atoms with van der Waals surface area (Å²) in [7, 11) is 5.32. The smallest absolute Gasteiger partial charge is 0.304 e. The van der Waals surface area contributed by atoms with Crippen molar-refractivity contribution in [3.8, 4) is 5.88 Å². The summed E-state index contributed by atoms with van der Waals surface area (Å²) in [4.78, 5) is 12.4. The molecule has 0 aliphatic carbocycles. The zero-order chi connectivity index (χ0) is 13.0. The Bertz CT molecular complexity index is 401. The normalized spacial score (nSPS) is 10.9. The van der Waals surface area contributed by atoms with Crippen LogP contribution < -0.4 is 4.74 Å². The molecule has 0 aliphatic rings. The van der Waals surface area contributed by atoms with Crippen molar-refractivity contribution >= 4 is 5.97 Å². The van der Waals surface area contributed by atoms with Crippen LogP contribution in [0.2, 0.25) is 0 Å². The molecule has 1 heterocycles. The number of aromatic nitrogens is 2. The first-order valence-corrected chi connectivity index (χ1v) is 5.42. The fourth-order valence-electron chi connectivity index (χ4n) is 1.75. The van der Waals surface area contributed by atoms with Gasteiger partial charge in [0.05, 0.1) is 24.8 Å². The Morgan fingerprint density at radius 3 is 2.76 bits per heavy atom. The summed E-state index contributed by atoms with van der Waals surface area (Å²) in [6.45, 7) is 3.06. The van der Waals surface area contributed by atoms with Crippen LogP contribution >= 0.6 is 0 Å². The number of rotatable bonds is 6. The van der Waals surface area contributed by atoms with Gasteiger partial charge in [-0.1, -0.05) is 0 Å². The lowest BCUT2D eigenvalue weighted by Crippen LogP contribution is -2.21. The topological polar surface area (TPSA) is 67.6 Å². The maximum absolute atomic E-state index is 10.5. The third-order valence-electron chi connectivity index (χ3n) is 2.62. The fourth-order valence-corrected chi connectivity index (χ4v) is 1.75. The number of carboxylic acids is 1. The third-order valence-corrected chi connectivity index (χ3v) is 2.62. The van der Waals surface area contributed by atoms with Gasteiger partial charge < -0.3 is 14.7 Å². The molecule has 0 bridgehead atoms. The van der Waals surface area contributed by atoms with Gasteiger partial charge in [-0.25, -0.2) is 4.68 Å². The molecule has 0 radical (unpaired) electrons. The first kappa shape index (κ1) is 13.5. The highest BCUT2D eigenvalue weighted by atomic mass is 16.5. The second kappa shape index (κ2) is 5.67. The van der Waals surface area contributed by atoms with Gasteiger partial charge in [-0.3, -0.25) is 4.79 Å². The Balaban J connectivity index is 2.70. The maximum Gasteiger partial charge on any atom is 0.304 e. The van der Waals surface area contributed by atoms with E-state index >= 15 is 0 Å². The van der Waals surface area contributed by atoms with E-state index in [4.69, 9.17) is 9.84 Å². The number of aryl methyl sites for hydroxylation is 2. The second-order valence-electron chi connectivity index (χ2n) is 4.08. The van der Waals surface area contributed by atoms with Gasteiger partial charge in [0.15, 0.2) is 0 Å². The summed E-state index contributed by atoms with van der Waals surface area (Å²) >= 11 is 0. The van der Waals surface area contributed by atoms with E-state index < -0.39 is 5.97 Å². The molecule has 1 aromatic rings. The first-order chi connectivity index (χ1) is 7.95. The molecule has 0 fully saturated rings. The van der Waals surface area contributed by atoms with Gasteiger partial charge in [-0.2, -0.15) is 5.10 Å². The van der Waals surface area contributed by atoms with Gasteiger partial charge in [0.2, 0.25) is 5.88 Å². The highest BCUT2D eigenvalue weighted by Crippen LogP contribution is 2.22. The van der Waals surface area contributed by atoms with E-state index in [-0.39, 0.29) is 6.42 Å². The Morgan fingerprint density at radius 2 is 2.24 bits per heavy atom. The van der Waals surface area contributed by atoms with Crippen molar-refractivity contribution in [3.63, 3.8) is 0 Å². The van der Waals surface area contributed by atoms with E-state index in [2.05, 4.69) is 5.10 Å². The average Bonchev–Trinajstić information content (AvgIpc) is 2.50. The minimum atomic E-state index is -0.785. The standard InChI is InChI=1S/C11H19N3O3/c1-8-9(11(17-4)14(3)12-8)7-13(2)6-5-10(15)16/h5-7H2,1-4H3,(H,15,16). The second-order valence-corrected chi connectivity index (χ2v) is 4.08. The van der Waals surface area contributed by atoms with Gasteiger partial charge in [0.25, 0.3) is 0 Å². The van der Waals surface area contributed by atoms with Crippen LogP contribution in [0.3, 0.4) is 0 Å². The van der Waals surface area contributed by atoms with Crippen molar-refractivity contribution in [3.05, 3.63) is 11.3 Å². The van der Waals surface area contributed by atoms with E-state index in [1.54, 1.807) is 11.8 Å². The summed E-state index contributed by atoms with van der Waals surface area (Å²) in [5, 5.41) is 12.9. The molecule has 0 spiro atoms. The summed E-state index contributed by atoms with van der Waals surface area (Å²) in [6.07, 6.45) is 0.137. The van der Waals surface area contributed by atoms with Crippen molar-refractivity contribution in [2.75, 3.05) is 20.7 Å². The summed E-state index contributed by atoms with van der Waals surface area (Å²) < 4.78 is 6.97. The van der Waals surface area contributed by atoms with Gasteiger partial charge in [-0.05, 0) is 14.0 Å². The highest BCUT2D eigenvalue weighted by Gasteiger charge is 2.15. The van der Waals surface area contributed by atoms with Crippen LogP contribution in [0.15, 0.2) is 0 Å². The van der Waals surface area contributed by atoms with Crippen LogP contribution in [-0.4, -0.2) is 46.5 Å². The van der Waals surface area contributed by atoms with Gasteiger partial charge in [0.1, 0.15) is 0 Å². The van der Waals surface area contributed by atoms with Crippen LogP contribution in [0, 0.1) is 6.92 Å². The molecule has 96 valence electrons. The third kappa shape index (κ3) is 3.45. The minimum Gasteiger partial charge on any atom is -0.481 e.